The number of allylic oxidation sites excluding steroid dienone is 1. The predicted octanol–water partition coefficient (Wildman–Crippen LogP) is 3.85. The molecule has 1 aliphatic heterocycles. The molecule has 0 saturated carbocycles. The molecular weight excluding hydrogens is 210 g/mol. The lowest BCUT2D eigenvalue weighted by Crippen LogP contribution is -2.45. The minimum Gasteiger partial charge on any atom is -0.145 e. The van der Waals surface area contributed by atoms with E-state index in [1.165, 1.54) is 11.1 Å². The molecule has 1 aliphatic rings. The summed E-state index contributed by atoms with van der Waals surface area (Å²) in [5.41, 5.74) is 3.89. The van der Waals surface area contributed by atoms with E-state index in [-0.39, 0.29) is 11.5 Å². The zero-order valence-corrected chi connectivity index (χ0v) is 11.3. The lowest BCUT2D eigenvalue weighted by atomic mass is 9.82. The van der Waals surface area contributed by atoms with Crippen molar-refractivity contribution in [3.63, 3.8) is 0 Å². The summed E-state index contributed by atoms with van der Waals surface area (Å²) >= 11 is 0. The highest BCUT2D eigenvalue weighted by Crippen LogP contribution is 2.39. The molecule has 2 nitrogen and oxygen atoms in total. The number of anilines is 1. The summed E-state index contributed by atoms with van der Waals surface area (Å²) in [6, 6.07) is 8.66. The molecule has 1 radical (unpaired) electrons. The highest BCUT2D eigenvalue weighted by molar-refractivity contribution is 5.76. The minimum atomic E-state index is 0.144. The number of para-hydroxylation sites is 1. The molecule has 2 heteroatoms. The molecule has 2 rings (SSSR count). The summed E-state index contributed by atoms with van der Waals surface area (Å²) in [5.74, 6) is 0. The van der Waals surface area contributed by atoms with Crippen LogP contribution in [-0.2, 0) is 4.84 Å². The fourth-order valence-electron chi connectivity index (χ4n) is 2.36. The van der Waals surface area contributed by atoms with Crippen molar-refractivity contribution in [2.75, 3.05) is 7.11 Å². The van der Waals surface area contributed by atoms with E-state index < -0.39 is 0 Å². The summed E-state index contributed by atoms with van der Waals surface area (Å²) in [5, 5.41) is 2.02. The van der Waals surface area contributed by atoms with Gasteiger partial charge in [-0.25, -0.2) is 0 Å². The van der Waals surface area contributed by atoms with Crippen LogP contribution in [0.5, 0.6) is 0 Å². The van der Waals surface area contributed by atoms with Crippen LogP contribution in [0.4, 0.5) is 5.69 Å². The van der Waals surface area contributed by atoms with Gasteiger partial charge in [0.05, 0.1) is 0 Å². The second kappa shape index (κ2) is 4.28. The van der Waals surface area contributed by atoms with Gasteiger partial charge in [-0.1, -0.05) is 32.9 Å². The van der Waals surface area contributed by atoms with Crippen molar-refractivity contribution >= 4 is 11.3 Å². The van der Waals surface area contributed by atoms with Crippen molar-refractivity contribution in [3.05, 3.63) is 35.9 Å². The lowest BCUT2D eigenvalue weighted by molar-refractivity contribution is -0.0371. The Balaban J connectivity index is 2.54. The van der Waals surface area contributed by atoms with E-state index in [1.807, 2.05) is 5.06 Å². The molecule has 1 unspecified atom stereocenters. The second-order valence-corrected chi connectivity index (χ2v) is 5.69. The second-order valence-electron chi connectivity index (χ2n) is 5.69. The van der Waals surface area contributed by atoms with E-state index in [0.29, 0.717) is 0 Å². The van der Waals surface area contributed by atoms with Gasteiger partial charge in [-0.2, -0.15) is 0 Å². The Hall–Kier alpha value is -1.12. The Labute approximate surface area is 104 Å². The first-order valence-corrected chi connectivity index (χ1v) is 6.06. The van der Waals surface area contributed by atoms with E-state index in [1.54, 1.807) is 7.11 Å². The number of nitrogens with zero attached hydrogens (tertiary/aromatic N) is 1. The van der Waals surface area contributed by atoms with Gasteiger partial charge in [0.1, 0.15) is 7.11 Å². The molecule has 0 N–H and O–H groups in total. The Morgan fingerprint density at radius 1 is 1.18 bits per heavy atom. The van der Waals surface area contributed by atoms with Crippen LogP contribution in [0.1, 0.15) is 33.3 Å². The summed E-state index contributed by atoms with van der Waals surface area (Å²) in [4.78, 5) is 5.59. The zero-order chi connectivity index (χ0) is 12.6. The van der Waals surface area contributed by atoms with Gasteiger partial charge in [-0.15, -0.1) is 4.84 Å². The van der Waals surface area contributed by atoms with Gasteiger partial charge in [0.15, 0.2) is 6.04 Å². The average Bonchev–Trinajstić information content (AvgIpc) is 2.28. The Kier molecular flexibility index (Phi) is 3.11. The Morgan fingerprint density at radius 3 is 2.41 bits per heavy atom. The Morgan fingerprint density at radius 2 is 1.82 bits per heavy atom. The summed E-state index contributed by atoms with van der Waals surface area (Å²) in [6.07, 6.45) is 2.30. The lowest BCUT2D eigenvalue weighted by Gasteiger charge is -2.30. The number of fused-ring (bicyclic) bond motifs is 1. The highest BCUT2D eigenvalue weighted by atomic mass is 16.7. The van der Waals surface area contributed by atoms with Gasteiger partial charge < -0.3 is 0 Å². The summed E-state index contributed by atoms with van der Waals surface area (Å²) in [6.45, 7) is 8.88. The molecule has 91 valence electrons. The monoisotopic (exact) mass is 231 g/mol. The quantitative estimate of drug-likeness (QED) is 0.670. The van der Waals surface area contributed by atoms with Crippen molar-refractivity contribution in [1.29, 1.82) is 0 Å². The van der Waals surface area contributed by atoms with Crippen LogP contribution in [0.2, 0.25) is 0 Å². The van der Waals surface area contributed by atoms with Crippen molar-refractivity contribution in [1.82, 2.24) is 5.06 Å². The first kappa shape index (κ1) is 12.3. The first-order valence-electron chi connectivity index (χ1n) is 6.06. The van der Waals surface area contributed by atoms with Crippen LogP contribution < -0.4 is 5.06 Å². The van der Waals surface area contributed by atoms with Gasteiger partial charge in [0.25, 0.3) is 0 Å². The molecule has 0 aliphatic carbocycles. The largest absolute Gasteiger partial charge is 0.227 e. The SMILES string of the molecule is CO[N+]1c2ccccc2C(C)=CC1C(C)(C)C. The molecule has 1 atom stereocenters. The van der Waals surface area contributed by atoms with Crippen LogP contribution in [0.25, 0.3) is 5.57 Å². The van der Waals surface area contributed by atoms with E-state index in [2.05, 4.69) is 58.0 Å². The molecule has 1 aromatic carbocycles. The van der Waals surface area contributed by atoms with Crippen molar-refractivity contribution in [3.8, 4) is 0 Å². The van der Waals surface area contributed by atoms with E-state index in [9.17, 15) is 0 Å². The molecule has 0 aromatic heterocycles. The van der Waals surface area contributed by atoms with Gasteiger partial charge in [-0.05, 0) is 24.6 Å². The summed E-state index contributed by atoms with van der Waals surface area (Å²) < 4.78 is 0. The Bertz CT molecular complexity index is 442. The third-order valence-corrected chi connectivity index (χ3v) is 3.31. The van der Waals surface area contributed by atoms with Crippen molar-refractivity contribution in [2.45, 2.75) is 33.7 Å². The molecule has 0 saturated heterocycles. The van der Waals surface area contributed by atoms with Gasteiger partial charge >= 0.3 is 0 Å². The number of hydrogen-bond acceptors (Lipinski definition) is 2. The smallest absolute Gasteiger partial charge is 0.145 e. The van der Waals surface area contributed by atoms with Gasteiger partial charge in [0.2, 0.25) is 5.69 Å². The first-order chi connectivity index (χ1) is 7.95. The van der Waals surface area contributed by atoms with Crippen molar-refractivity contribution < 1.29 is 4.84 Å². The third-order valence-electron chi connectivity index (χ3n) is 3.31. The van der Waals surface area contributed by atoms with Crippen LogP contribution >= 0.6 is 0 Å². The van der Waals surface area contributed by atoms with Crippen LogP contribution in [0.15, 0.2) is 30.3 Å². The molecular formula is C15H21NO+. The average molecular weight is 231 g/mol. The maximum Gasteiger partial charge on any atom is 0.227 e. The van der Waals surface area contributed by atoms with Gasteiger partial charge in [-0.3, -0.25) is 0 Å². The minimum absolute atomic E-state index is 0.144. The number of hydrogen-bond donors (Lipinski definition) is 0. The van der Waals surface area contributed by atoms with Gasteiger partial charge in [0, 0.05) is 22.1 Å². The molecule has 0 amide bonds. The van der Waals surface area contributed by atoms with E-state index in [4.69, 9.17) is 4.84 Å². The molecule has 1 heterocycles. The third kappa shape index (κ3) is 2.15. The zero-order valence-electron chi connectivity index (χ0n) is 11.3. The number of rotatable bonds is 1. The molecule has 17 heavy (non-hydrogen) atoms. The molecule has 0 spiro atoms. The topological polar surface area (TPSA) is 15.1 Å². The van der Waals surface area contributed by atoms with E-state index >= 15 is 0 Å². The number of benzene rings is 1. The normalized spacial score (nSPS) is 21.0. The maximum absolute atomic E-state index is 5.59. The molecule has 0 fully saturated rings. The fourth-order valence-corrected chi connectivity index (χ4v) is 2.36. The highest BCUT2D eigenvalue weighted by Gasteiger charge is 2.44. The van der Waals surface area contributed by atoms with Crippen LogP contribution in [-0.4, -0.2) is 13.2 Å². The number of hydroxylamine groups is 1. The van der Waals surface area contributed by atoms with Crippen LogP contribution in [0.3, 0.4) is 0 Å². The predicted molar refractivity (Wildman–Crippen MR) is 72.1 cm³/mol. The van der Waals surface area contributed by atoms with Crippen molar-refractivity contribution in [2.24, 2.45) is 5.41 Å². The van der Waals surface area contributed by atoms with E-state index in [0.717, 1.165) is 5.69 Å². The fraction of sp³-hybridized carbons (Fsp3) is 0.467. The summed E-state index contributed by atoms with van der Waals surface area (Å²) in [7, 11) is 1.74. The van der Waals surface area contributed by atoms with Crippen LogP contribution in [0, 0.1) is 5.41 Å². The maximum atomic E-state index is 5.59. The molecule has 0 bridgehead atoms. The standard InChI is InChI=1S/C15H21NO/c1-11-10-14(15(2,3)4)16(17-5)13-9-7-6-8-12(11)13/h6-10,14H,1-5H3/q+1. The molecule has 1 aromatic rings.